The zero-order valence-electron chi connectivity index (χ0n) is 11.9. The Morgan fingerprint density at radius 2 is 2.38 bits per heavy atom. The van der Waals surface area contributed by atoms with Gasteiger partial charge in [-0.2, -0.15) is 0 Å². The molecule has 3 rings (SSSR count). The molecule has 2 heterocycles. The molecule has 2 aromatic rings. The summed E-state index contributed by atoms with van der Waals surface area (Å²) < 4.78 is 0. The molecule has 1 aliphatic carbocycles. The summed E-state index contributed by atoms with van der Waals surface area (Å²) in [5, 5.41) is 14.7. The molecule has 1 aliphatic rings. The Morgan fingerprint density at radius 3 is 3.10 bits per heavy atom. The second-order valence-corrected chi connectivity index (χ2v) is 6.51. The first-order valence-corrected chi connectivity index (χ1v) is 8.06. The fourth-order valence-electron chi connectivity index (χ4n) is 2.76. The topological polar surface area (TPSA) is 62.2 Å². The molecule has 2 N–H and O–H groups in total. The molecule has 1 atom stereocenters. The number of nitrogens with zero attached hydrogens (tertiary/aromatic N) is 1. The summed E-state index contributed by atoms with van der Waals surface area (Å²) in [6.07, 6.45) is 3.82. The number of thiophene rings is 1. The number of hydrogen-bond donors (Lipinski definition) is 2. The highest BCUT2D eigenvalue weighted by molar-refractivity contribution is 7.09. The van der Waals surface area contributed by atoms with E-state index >= 15 is 0 Å². The molecule has 4 nitrogen and oxygen atoms in total. The Kier molecular flexibility index (Phi) is 3.92. The molecule has 0 fully saturated rings. The lowest BCUT2D eigenvalue weighted by Crippen LogP contribution is -2.21. The number of pyridine rings is 1. The van der Waals surface area contributed by atoms with Gasteiger partial charge in [-0.25, -0.2) is 9.78 Å². The van der Waals surface area contributed by atoms with Crippen LogP contribution in [0.15, 0.2) is 23.6 Å². The highest BCUT2D eigenvalue weighted by Crippen LogP contribution is 2.26. The minimum absolute atomic E-state index is 0.147. The van der Waals surface area contributed by atoms with Crippen molar-refractivity contribution >= 4 is 23.1 Å². The lowest BCUT2D eigenvalue weighted by molar-refractivity contribution is 0.0697. The quantitative estimate of drug-likeness (QED) is 0.889. The molecule has 0 aliphatic heterocycles. The number of aromatic nitrogens is 1. The largest absolute Gasteiger partial charge is 0.478 e. The highest BCUT2D eigenvalue weighted by Gasteiger charge is 2.20. The lowest BCUT2D eigenvalue weighted by atomic mass is 10.1. The first-order valence-electron chi connectivity index (χ1n) is 7.18. The van der Waals surface area contributed by atoms with Crippen molar-refractivity contribution in [1.82, 2.24) is 4.98 Å². The van der Waals surface area contributed by atoms with E-state index in [2.05, 4.69) is 28.7 Å². The van der Waals surface area contributed by atoms with Gasteiger partial charge in [0.1, 0.15) is 11.4 Å². The summed E-state index contributed by atoms with van der Waals surface area (Å²) in [5.41, 5.74) is 2.42. The molecule has 0 saturated carbocycles. The molecular weight excluding hydrogens is 284 g/mol. The van der Waals surface area contributed by atoms with Gasteiger partial charge in [-0.3, -0.25) is 0 Å². The number of hydrogen-bond acceptors (Lipinski definition) is 4. The van der Waals surface area contributed by atoms with Gasteiger partial charge in [0.25, 0.3) is 0 Å². The van der Waals surface area contributed by atoms with Crippen LogP contribution in [0.1, 0.15) is 39.8 Å². The number of carboxylic acid groups (broad SMARTS) is 1. The minimum Gasteiger partial charge on any atom is -0.478 e. The lowest BCUT2D eigenvalue weighted by Gasteiger charge is -2.16. The van der Waals surface area contributed by atoms with Gasteiger partial charge in [-0.1, -0.05) is 6.07 Å². The van der Waals surface area contributed by atoms with E-state index in [0.29, 0.717) is 5.82 Å². The first-order chi connectivity index (χ1) is 10.1. The number of anilines is 1. The van der Waals surface area contributed by atoms with Gasteiger partial charge >= 0.3 is 5.97 Å². The third kappa shape index (κ3) is 3.08. The summed E-state index contributed by atoms with van der Waals surface area (Å²) in [7, 11) is 0. The number of fused-ring (bicyclic) bond motifs is 1. The third-order valence-electron chi connectivity index (χ3n) is 3.75. The Bertz CT molecular complexity index is 653. The number of aryl methyl sites for hydroxylation is 2. The van der Waals surface area contributed by atoms with Crippen LogP contribution >= 0.6 is 11.3 Å². The third-order valence-corrected chi connectivity index (χ3v) is 4.65. The fourth-order valence-corrected chi connectivity index (χ4v) is 3.60. The van der Waals surface area contributed by atoms with Crippen LogP contribution < -0.4 is 5.32 Å². The SMILES string of the molecule is CC(Cc1cccs1)Nc1nc2c(cc1C(=O)O)CCC2. The average Bonchev–Trinajstić information content (AvgIpc) is 3.07. The van der Waals surface area contributed by atoms with Crippen LogP contribution in [-0.2, 0) is 19.3 Å². The smallest absolute Gasteiger partial charge is 0.339 e. The maximum Gasteiger partial charge on any atom is 0.339 e. The second kappa shape index (κ2) is 5.85. The molecule has 0 bridgehead atoms. The van der Waals surface area contributed by atoms with Gasteiger partial charge in [0.2, 0.25) is 0 Å². The number of rotatable bonds is 5. The number of carbonyl (C=O) groups is 1. The molecule has 0 saturated heterocycles. The zero-order chi connectivity index (χ0) is 14.8. The van der Waals surface area contributed by atoms with Gasteiger partial charge < -0.3 is 10.4 Å². The summed E-state index contributed by atoms with van der Waals surface area (Å²) in [4.78, 5) is 17.3. The predicted molar refractivity (Wildman–Crippen MR) is 84.3 cm³/mol. The van der Waals surface area contributed by atoms with E-state index in [4.69, 9.17) is 0 Å². The van der Waals surface area contributed by atoms with Gasteiger partial charge in [0.05, 0.1) is 0 Å². The van der Waals surface area contributed by atoms with E-state index in [-0.39, 0.29) is 11.6 Å². The van der Waals surface area contributed by atoms with E-state index < -0.39 is 5.97 Å². The Balaban J connectivity index is 1.82. The molecular formula is C16H18N2O2S. The van der Waals surface area contributed by atoms with E-state index in [1.165, 1.54) is 4.88 Å². The normalized spacial score (nSPS) is 14.7. The van der Waals surface area contributed by atoms with Crippen LogP contribution in [0, 0.1) is 0 Å². The summed E-state index contributed by atoms with van der Waals surface area (Å²) in [6, 6.07) is 6.06. The molecule has 0 amide bonds. The number of carboxylic acids is 1. The van der Waals surface area contributed by atoms with Crippen molar-refractivity contribution in [3.8, 4) is 0 Å². The van der Waals surface area contributed by atoms with E-state index in [1.54, 1.807) is 17.4 Å². The second-order valence-electron chi connectivity index (χ2n) is 5.48. The molecule has 110 valence electrons. The maximum absolute atomic E-state index is 11.4. The van der Waals surface area contributed by atoms with Crippen molar-refractivity contribution in [3.05, 3.63) is 45.3 Å². The van der Waals surface area contributed by atoms with Crippen molar-refractivity contribution in [3.63, 3.8) is 0 Å². The van der Waals surface area contributed by atoms with Crippen LogP contribution in [0.4, 0.5) is 5.82 Å². The van der Waals surface area contributed by atoms with E-state index in [0.717, 1.165) is 36.9 Å². The van der Waals surface area contributed by atoms with Crippen molar-refractivity contribution < 1.29 is 9.90 Å². The molecule has 1 unspecified atom stereocenters. The van der Waals surface area contributed by atoms with Crippen molar-refractivity contribution in [2.75, 3.05) is 5.32 Å². The van der Waals surface area contributed by atoms with E-state index in [1.807, 2.05) is 6.07 Å². The summed E-state index contributed by atoms with van der Waals surface area (Å²) in [6.45, 7) is 2.06. The summed E-state index contributed by atoms with van der Waals surface area (Å²) in [5.74, 6) is -0.407. The Hall–Kier alpha value is -1.88. The highest BCUT2D eigenvalue weighted by atomic mass is 32.1. The minimum atomic E-state index is -0.914. The van der Waals surface area contributed by atoms with Crippen molar-refractivity contribution in [2.24, 2.45) is 0 Å². The van der Waals surface area contributed by atoms with Crippen molar-refractivity contribution in [2.45, 2.75) is 38.6 Å². The average molecular weight is 302 g/mol. The Morgan fingerprint density at radius 1 is 1.52 bits per heavy atom. The molecule has 2 aromatic heterocycles. The zero-order valence-corrected chi connectivity index (χ0v) is 12.7. The fraction of sp³-hybridized carbons (Fsp3) is 0.375. The van der Waals surface area contributed by atoms with E-state index in [9.17, 15) is 9.90 Å². The van der Waals surface area contributed by atoms with Crippen molar-refractivity contribution in [1.29, 1.82) is 0 Å². The number of nitrogens with one attached hydrogen (secondary N) is 1. The number of aromatic carboxylic acids is 1. The van der Waals surface area contributed by atoms with Gasteiger partial charge in [-0.05, 0) is 49.3 Å². The first kappa shape index (κ1) is 14.1. The van der Waals surface area contributed by atoms with Gasteiger partial charge in [-0.15, -0.1) is 11.3 Å². The monoisotopic (exact) mass is 302 g/mol. The maximum atomic E-state index is 11.4. The van der Waals surface area contributed by atoms with Crippen LogP contribution in [0.3, 0.4) is 0 Å². The van der Waals surface area contributed by atoms with Crippen LogP contribution in [0.2, 0.25) is 0 Å². The molecule has 5 heteroatoms. The van der Waals surface area contributed by atoms with Crippen LogP contribution in [0.25, 0.3) is 0 Å². The molecule has 0 radical (unpaired) electrons. The van der Waals surface area contributed by atoms with Crippen LogP contribution in [0.5, 0.6) is 0 Å². The molecule has 0 aromatic carbocycles. The Labute approximate surface area is 127 Å². The van der Waals surface area contributed by atoms with Crippen LogP contribution in [-0.4, -0.2) is 22.1 Å². The predicted octanol–water partition coefficient (Wildman–Crippen LogP) is 3.37. The summed E-state index contributed by atoms with van der Waals surface area (Å²) >= 11 is 1.72. The van der Waals surface area contributed by atoms with Gasteiger partial charge in [0.15, 0.2) is 0 Å². The standard InChI is InChI=1S/C16H18N2O2S/c1-10(8-12-5-3-7-21-12)17-15-13(16(19)20)9-11-4-2-6-14(11)18-15/h3,5,7,9-10H,2,4,6,8H2,1H3,(H,17,18)(H,19,20). The van der Waals surface area contributed by atoms with Gasteiger partial charge in [0, 0.05) is 23.0 Å². The molecule has 0 spiro atoms. The molecule has 21 heavy (non-hydrogen) atoms.